The van der Waals surface area contributed by atoms with Gasteiger partial charge in [-0.2, -0.15) is 0 Å². The van der Waals surface area contributed by atoms with Gasteiger partial charge in [0.05, 0.1) is 10.6 Å². The summed E-state index contributed by atoms with van der Waals surface area (Å²) >= 11 is 12.2. The van der Waals surface area contributed by atoms with Crippen LogP contribution in [0.25, 0.3) is 6.08 Å². The predicted molar refractivity (Wildman–Crippen MR) is 114 cm³/mol. The molecule has 1 aliphatic rings. The monoisotopic (exact) mass is 441 g/mol. The minimum Gasteiger partial charge on any atom is -0.488 e. The van der Waals surface area contributed by atoms with Crippen LogP contribution in [0, 0.1) is 5.82 Å². The highest BCUT2D eigenvalue weighted by Crippen LogP contribution is 2.28. The maximum atomic E-state index is 13.8. The summed E-state index contributed by atoms with van der Waals surface area (Å²) < 4.78 is 24.9. The van der Waals surface area contributed by atoms with Gasteiger partial charge in [-0.25, -0.2) is 14.2 Å². The Kier molecular flexibility index (Phi) is 5.84. The van der Waals surface area contributed by atoms with E-state index in [9.17, 15) is 9.18 Å². The molecule has 1 heterocycles. The van der Waals surface area contributed by atoms with Crippen LogP contribution in [0.5, 0.6) is 5.75 Å². The first-order valence-corrected chi connectivity index (χ1v) is 9.70. The molecular weight excluding hydrogens is 428 g/mol. The minimum atomic E-state index is -0.620. The van der Waals surface area contributed by atoms with Crippen LogP contribution in [-0.2, 0) is 16.1 Å². The Hall–Kier alpha value is -3.15. The molecule has 7 heteroatoms. The van der Waals surface area contributed by atoms with Gasteiger partial charge >= 0.3 is 5.97 Å². The lowest BCUT2D eigenvalue weighted by Crippen LogP contribution is -2.06. The molecule has 0 saturated heterocycles. The van der Waals surface area contributed by atoms with Crippen LogP contribution in [0.4, 0.5) is 4.39 Å². The molecule has 3 aromatic carbocycles. The summed E-state index contributed by atoms with van der Waals surface area (Å²) in [5.74, 6) is -0.417. The number of benzene rings is 3. The predicted octanol–water partition coefficient (Wildman–Crippen LogP) is 6.06. The number of aliphatic imine (C=N–C) groups is 1. The van der Waals surface area contributed by atoms with Crippen LogP contribution in [0.2, 0.25) is 10.0 Å². The lowest BCUT2D eigenvalue weighted by molar-refractivity contribution is -0.129. The van der Waals surface area contributed by atoms with Gasteiger partial charge in [-0.1, -0.05) is 59.6 Å². The van der Waals surface area contributed by atoms with Crippen molar-refractivity contribution in [2.45, 2.75) is 6.61 Å². The number of carbonyl (C=O) groups is 1. The van der Waals surface area contributed by atoms with Gasteiger partial charge in [0.2, 0.25) is 5.90 Å². The number of cyclic esters (lactones) is 1. The van der Waals surface area contributed by atoms with E-state index in [1.165, 1.54) is 6.07 Å². The van der Waals surface area contributed by atoms with Crippen LogP contribution in [-0.4, -0.2) is 11.9 Å². The Bertz CT molecular complexity index is 1190. The molecule has 4 nitrogen and oxygen atoms in total. The molecule has 1 aliphatic heterocycles. The summed E-state index contributed by atoms with van der Waals surface area (Å²) in [7, 11) is 0. The fourth-order valence-corrected chi connectivity index (χ4v) is 3.21. The number of hydrogen-bond donors (Lipinski definition) is 0. The number of hydrogen-bond acceptors (Lipinski definition) is 4. The van der Waals surface area contributed by atoms with E-state index >= 15 is 0 Å². The molecule has 0 fully saturated rings. The van der Waals surface area contributed by atoms with E-state index in [2.05, 4.69) is 4.99 Å². The van der Waals surface area contributed by atoms with Crippen molar-refractivity contribution in [3.05, 3.63) is 105 Å². The average molecular weight is 442 g/mol. The second-order valence-corrected chi connectivity index (χ2v) is 7.22. The molecule has 0 aliphatic carbocycles. The Morgan fingerprint density at radius 3 is 2.63 bits per heavy atom. The quantitative estimate of drug-likeness (QED) is 0.357. The van der Waals surface area contributed by atoms with Crippen LogP contribution in [0.15, 0.2) is 77.4 Å². The lowest BCUT2D eigenvalue weighted by atomic mass is 10.1. The first-order valence-electron chi connectivity index (χ1n) is 8.94. The normalized spacial score (nSPS) is 14.6. The van der Waals surface area contributed by atoms with E-state index < -0.39 is 5.97 Å². The Morgan fingerprint density at radius 1 is 1.03 bits per heavy atom. The molecule has 150 valence electrons. The van der Waals surface area contributed by atoms with Crippen molar-refractivity contribution in [1.82, 2.24) is 0 Å². The highest BCUT2D eigenvalue weighted by molar-refractivity contribution is 6.36. The summed E-state index contributed by atoms with van der Waals surface area (Å²) in [4.78, 5) is 16.6. The van der Waals surface area contributed by atoms with Gasteiger partial charge < -0.3 is 9.47 Å². The van der Waals surface area contributed by atoms with Crippen LogP contribution >= 0.6 is 23.2 Å². The zero-order chi connectivity index (χ0) is 21.1. The molecule has 3 aromatic rings. The van der Waals surface area contributed by atoms with E-state index in [1.807, 2.05) is 0 Å². The van der Waals surface area contributed by atoms with Gasteiger partial charge in [-0.3, -0.25) is 0 Å². The van der Waals surface area contributed by atoms with Crippen molar-refractivity contribution in [3.8, 4) is 5.75 Å². The number of para-hydroxylation sites is 1. The number of rotatable bonds is 5. The Labute approximate surface area is 182 Å². The molecule has 0 aromatic heterocycles. The highest BCUT2D eigenvalue weighted by Gasteiger charge is 2.26. The molecule has 0 atom stereocenters. The summed E-state index contributed by atoms with van der Waals surface area (Å²) in [5, 5.41) is 0.804. The molecule has 30 heavy (non-hydrogen) atoms. The van der Waals surface area contributed by atoms with Gasteiger partial charge in [0.1, 0.15) is 18.2 Å². The second kappa shape index (κ2) is 8.69. The van der Waals surface area contributed by atoms with Crippen molar-refractivity contribution in [1.29, 1.82) is 0 Å². The smallest absolute Gasteiger partial charge is 0.363 e. The number of nitrogens with zero attached hydrogens (tertiary/aromatic N) is 1. The number of carbonyl (C=O) groups excluding carboxylic acids is 1. The minimum absolute atomic E-state index is 0.0456. The van der Waals surface area contributed by atoms with Gasteiger partial charge in [0, 0.05) is 16.1 Å². The number of halogens is 3. The summed E-state index contributed by atoms with van der Waals surface area (Å²) in [5.41, 5.74) is 1.53. The first kappa shape index (κ1) is 20.1. The van der Waals surface area contributed by atoms with Crippen molar-refractivity contribution in [2.24, 2.45) is 4.99 Å². The van der Waals surface area contributed by atoms with E-state index in [-0.39, 0.29) is 24.0 Å². The van der Waals surface area contributed by atoms with Gasteiger partial charge in [0.15, 0.2) is 5.70 Å². The lowest BCUT2D eigenvalue weighted by Gasteiger charge is -2.10. The van der Waals surface area contributed by atoms with Crippen LogP contribution < -0.4 is 4.74 Å². The van der Waals surface area contributed by atoms with Gasteiger partial charge in [-0.05, 0) is 36.4 Å². The molecule has 0 saturated carbocycles. The van der Waals surface area contributed by atoms with E-state index in [4.69, 9.17) is 32.7 Å². The molecule has 0 spiro atoms. The zero-order valence-electron chi connectivity index (χ0n) is 15.4. The zero-order valence-corrected chi connectivity index (χ0v) is 17.0. The standard InChI is InChI=1S/C23H14Cl2FNO3/c24-16-9-10-18(25)17(12-16)22-27-20(23(28)30-22)11-14-5-2-4-8-21(14)29-13-15-6-1-3-7-19(15)26/h1-12H,13H2. The second-order valence-electron chi connectivity index (χ2n) is 6.38. The summed E-state index contributed by atoms with van der Waals surface area (Å²) in [6.45, 7) is 0.0456. The third kappa shape index (κ3) is 4.37. The first-order chi connectivity index (χ1) is 14.5. The molecule has 4 rings (SSSR count). The topological polar surface area (TPSA) is 47.9 Å². The maximum Gasteiger partial charge on any atom is 0.363 e. The van der Waals surface area contributed by atoms with Crippen molar-refractivity contribution in [3.63, 3.8) is 0 Å². The number of esters is 1. The van der Waals surface area contributed by atoms with E-state index in [0.717, 1.165) is 0 Å². The molecule has 0 radical (unpaired) electrons. The fraction of sp³-hybridized carbons (Fsp3) is 0.0435. The Morgan fingerprint density at radius 2 is 1.80 bits per heavy atom. The molecule has 0 unspecified atom stereocenters. The third-order valence-electron chi connectivity index (χ3n) is 4.33. The van der Waals surface area contributed by atoms with Crippen molar-refractivity contribution >= 4 is 41.1 Å². The molecule has 0 amide bonds. The summed E-state index contributed by atoms with van der Waals surface area (Å²) in [6.07, 6.45) is 1.55. The molecule has 0 bridgehead atoms. The van der Waals surface area contributed by atoms with Gasteiger partial charge in [0.25, 0.3) is 0 Å². The van der Waals surface area contributed by atoms with Gasteiger partial charge in [-0.15, -0.1) is 0 Å². The van der Waals surface area contributed by atoms with Crippen LogP contribution in [0.1, 0.15) is 16.7 Å². The fourth-order valence-electron chi connectivity index (χ4n) is 2.84. The molecule has 0 N–H and O–H groups in total. The maximum absolute atomic E-state index is 13.8. The van der Waals surface area contributed by atoms with Crippen molar-refractivity contribution < 1.29 is 18.7 Å². The van der Waals surface area contributed by atoms with E-state index in [0.29, 0.717) is 32.5 Å². The van der Waals surface area contributed by atoms with Crippen molar-refractivity contribution in [2.75, 3.05) is 0 Å². The SMILES string of the molecule is O=C1OC(c2cc(Cl)ccc2Cl)=NC1=Cc1ccccc1OCc1ccccc1F. The molecular formula is C23H14Cl2FNO3. The summed E-state index contributed by atoms with van der Waals surface area (Å²) in [6, 6.07) is 18.2. The highest BCUT2D eigenvalue weighted by atomic mass is 35.5. The Balaban J connectivity index is 1.62. The third-order valence-corrected chi connectivity index (χ3v) is 4.90. The number of ether oxygens (including phenoxy) is 2. The van der Waals surface area contributed by atoms with E-state index in [1.54, 1.807) is 66.7 Å². The van der Waals surface area contributed by atoms with Crippen LogP contribution in [0.3, 0.4) is 0 Å². The largest absolute Gasteiger partial charge is 0.488 e. The average Bonchev–Trinajstić information content (AvgIpc) is 3.10.